The normalized spacial score (nSPS) is 31.8. The molecule has 2 rings (SSSR count). The van der Waals surface area contributed by atoms with Crippen molar-refractivity contribution in [3.8, 4) is 0 Å². The molecule has 2 N–H and O–H groups in total. The summed E-state index contributed by atoms with van der Waals surface area (Å²) >= 11 is 0. The molecule has 2 atom stereocenters. The van der Waals surface area contributed by atoms with Gasteiger partial charge in [-0.2, -0.15) is 0 Å². The van der Waals surface area contributed by atoms with Gasteiger partial charge in [-0.15, -0.1) is 0 Å². The highest BCUT2D eigenvalue weighted by molar-refractivity contribution is 5.81. The minimum Gasteiger partial charge on any atom is -0.481 e. The molecule has 2 aliphatic rings. The van der Waals surface area contributed by atoms with E-state index in [0.717, 1.165) is 19.4 Å². The van der Waals surface area contributed by atoms with Gasteiger partial charge >= 0.3 is 5.97 Å². The van der Waals surface area contributed by atoms with Gasteiger partial charge in [-0.25, -0.2) is 0 Å². The van der Waals surface area contributed by atoms with Gasteiger partial charge in [0.2, 0.25) is 5.91 Å². The predicted molar refractivity (Wildman–Crippen MR) is 67.2 cm³/mol. The summed E-state index contributed by atoms with van der Waals surface area (Å²) in [5, 5.41) is 12.6. The summed E-state index contributed by atoms with van der Waals surface area (Å²) in [6, 6.07) is 0.291. The third kappa shape index (κ3) is 2.51. The number of nitrogens with zero attached hydrogens (tertiary/aromatic N) is 1. The molecule has 0 aliphatic carbocycles. The van der Waals surface area contributed by atoms with E-state index in [9.17, 15) is 14.7 Å². The number of carbonyl (C=O) groups is 2. The first-order valence-corrected chi connectivity index (χ1v) is 6.82. The molecule has 0 radical (unpaired) electrons. The number of aliphatic carboxylic acids is 1. The maximum Gasteiger partial charge on any atom is 0.311 e. The van der Waals surface area contributed by atoms with Crippen molar-refractivity contribution in [2.75, 3.05) is 19.6 Å². The lowest BCUT2D eigenvalue weighted by Crippen LogP contribution is -2.38. The minimum atomic E-state index is -0.765. The SMILES string of the molecule is CCC1(C(=O)O)CCN(C(=O)CC2CCCN2)C1. The molecule has 2 fully saturated rings. The first kappa shape index (κ1) is 13.3. The van der Waals surface area contributed by atoms with Crippen LogP contribution in [0.15, 0.2) is 0 Å². The molecular formula is C13H22N2O3. The number of likely N-dealkylation sites (tertiary alicyclic amines) is 1. The fourth-order valence-electron chi connectivity index (χ4n) is 2.97. The van der Waals surface area contributed by atoms with Gasteiger partial charge in [-0.3, -0.25) is 9.59 Å². The van der Waals surface area contributed by atoms with Crippen LogP contribution in [0.3, 0.4) is 0 Å². The topological polar surface area (TPSA) is 69.6 Å². The van der Waals surface area contributed by atoms with E-state index in [0.29, 0.717) is 38.4 Å². The molecule has 18 heavy (non-hydrogen) atoms. The highest BCUT2D eigenvalue weighted by Crippen LogP contribution is 2.34. The smallest absolute Gasteiger partial charge is 0.311 e. The molecule has 5 heteroatoms. The number of nitrogens with one attached hydrogen (secondary N) is 1. The third-order valence-corrected chi connectivity index (χ3v) is 4.42. The molecule has 0 aromatic carbocycles. The van der Waals surface area contributed by atoms with E-state index in [1.807, 2.05) is 6.92 Å². The van der Waals surface area contributed by atoms with Gasteiger partial charge in [0.1, 0.15) is 0 Å². The molecule has 0 spiro atoms. The Morgan fingerprint density at radius 1 is 1.50 bits per heavy atom. The van der Waals surface area contributed by atoms with Crippen LogP contribution < -0.4 is 5.32 Å². The lowest BCUT2D eigenvalue weighted by Gasteiger charge is -2.23. The number of hydrogen-bond acceptors (Lipinski definition) is 3. The summed E-state index contributed by atoms with van der Waals surface area (Å²) < 4.78 is 0. The number of rotatable bonds is 4. The average molecular weight is 254 g/mol. The van der Waals surface area contributed by atoms with Crippen molar-refractivity contribution >= 4 is 11.9 Å². The Labute approximate surface area is 108 Å². The van der Waals surface area contributed by atoms with Gasteiger partial charge in [0.05, 0.1) is 5.41 Å². The number of carboxylic acid groups (broad SMARTS) is 1. The average Bonchev–Trinajstić information content (AvgIpc) is 2.97. The zero-order valence-corrected chi connectivity index (χ0v) is 10.9. The van der Waals surface area contributed by atoms with Crippen LogP contribution in [0.4, 0.5) is 0 Å². The van der Waals surface area contributed by atoms with Crippen molar-refractivity contribution < 1.29 is 14.7 Å². The maximum atomic E-state index is 12.1. The summed E-state index contributed by atoms with van der Waals surface area (Å²) in [5.74, 6) is -0.662. The molecule has 1 amide bonds. The van der Waals surface area contributed by atoms with E-state index in [1.54, 1.807) is 4.90 Å². The van der Waals surface area contributed by atoms with Crippen molar-refractivity contribution in [2.45, 2.75) is 45.1 Å². The molecule has 0 aromatic heterocycles. The van der Waals surface area contributed by atoms with Crippen LogP contribution in [0.1, 0.15) is 39.0 Å². The van der Waals surface area contributed by atoms with E-state index in [2.05, 4.69) is 5.32 Å². The van der Waals surface area contributed by atoms with Gasteiger partial charge in [0.25, 0.3) is 0 Å². The molecule has 102 valence electrons. The number of hydrogen-bond donors (Lipinski definition) is 2. The Kier molecular flexibility index (Phi) is 3.90. The predicted octanol–water partition coefficient (Wildman–Crippen LogP) is 0.842. The third-order valence-electron chi connectivity index (χ3n) is 4.42. The van der Waals surface area contributed by atoms with Crippen LogP contribution in [0, 0.1) is 5.41 Å². The second-order valence-corrected chi connectivity index (χ2v) is 5.50. The van der Waals surface area contributed by atoms with E-state index in [-0.39, 0.29) is 5.91 Å². The zero-order chi connectivity index (χ0) is 13.2. The fraction of sp³-hybridized carbons (Fsp3) is 0.846. The van der Waals surface area contributed by atoms with Gasteiger partial charge in [0, 0.05) is 25.6 Å². The Morgan fingerprint density at radius 2 is 2.28 bits per heavy atom. The molecule has 0 bridgehead atoms. The van der Waals surface area contributed by atoms with Crippen LogP contribution in [-0.2, 0) is 9.59 Å². The summed E-state index contributed by atoms with van der Waals surface area (Å²) in [5.41, 5.74) is -0.710. The molecule has 2 heterocycles. The minimum absolute atomic E-state index is 0.103. The highest BCUT2D eigenvalue weighted by atomic mass is 16.4. The quantitative estimate of drug-likeness (QED) is 0.780. The monoisotopic (exact) mass is 254 g/mol. The van der Waals surface area contributed by atoms with E-state index < -0.39 is 11.4 Å². The van der Waals surface area contributed by atoms with Crippen molar-refractivity contribution in [2.24, 2.45) is 5.41 Å². The van der Waals surface area contributed by atoms with Crippen LogP contribution in [-0.4, -0.2) is 47.6 Å². The van der Waals surface area contributed by atoms with Crippen molar-refractivity contribution in [3.63, 3.8) is 0 Å². The first-order valence-electron chi connectivity index (χ1n) is 6.82. The summed E-state index contributed by atoms with van der Waals surface area (Å²) in [6.45, 7) is 3.85. The number of carbonyl (C=O) groups excluding carboxylic acids is 1. The van der Waals surface area contributed by atoms with E-state index in [1.165, 1.54) is 0 Å². The van der Waals surface area contributed by atoms with Gasteiger partial charge in [-0.1, -0.05) is 6.92 Å². The Bertz CT molecular complexity index is 339. The molecular weight excluding hydrogens is 232 g/mol. The van der Waals surface area contributed by atoms with Gasteiger partial charge in [-0.05, 0) is 32.2 Å². The van der Waals surface area contributed by atoms with Gasteiger partial charge in [0.15, 0.2) is 0 Å². The van der Waals surface area contributed by atoms with E-state index in [4.69, 9.17) is 0 Å². The Hall–Kier alpha value is -1.10. The highest BCUT2D eigenvalue weighted by Gasteiger charge is 2.44. The van der Waals surface area contributed by atoms with E-state index >= 15 is 0 Å². The second kappa shape index (κ2) is 5.26. The maximum absolute atomic E-state index is 12.1. The molecule has 0 aromatic rings. The Balaban J connectivity index is 1.91. The van der Waals surface area contributed by atoms with Gasteiger partial charge < -0.3 is 15.3 Å². The summed E-state index contributed by atoms with van der Waals surface area (Å²) in [4.78, 5) is 25.2. The molecule has 0 saturated carbocycles. The largest absolute Gasteiger partial charge is 0.481 e. The fourth-order valence-corrected chi connectivity index (χ4v) is 2.97. The molecule has 5 nitrogen and oxygen atoms in total. The number of carboxylic acids is 1. The zero-order valence-electron chi connectivity index (χ0n) is 10.9. The first-order chi connectivity index (χ1) is 8.57. The molecule has 2 aliphatic heterocycles. The lowest BCUT2D eigenvalue weighted by molar-refractivity contribution is -0.148. The van der Waals surface area contributed by atoms with Crippen molar-refractivity contribution in [1.82, 2.24) is 10.2 Å². The van der Waals surface area contributed by atoms with Crippen molar-refractivity contribution in [1.29, 1.82) is 0 Å². The van der Waals surface area contributed by atoms with Crippen LogP contribution in [0.25, 0.3) is 0 Å². The van der Waals surface area contributed by atoms with Crippen LogP contribution in [0.5, 0.6) is 0 Å². The molecule has 2 saturated heterocycles. The summed E-state index contributed by atoms with van der Waals surface area (Å²) in [6.07, 6.45) is 3.87. The Morgan fingerprint density at radius 3 is 2.78 bits per heavy atom. The molecule has 2 unspecified atom stereocenters. The number of amides is 1. The standard InChI is InChI=1S/C13H22N2O3/c1-2-13(12(17)18)5-7-15(9-13)11(16)8-10-4-3-6-14-10/h10,14H,2-9H2,1H3,(H,17,18). The van der Waals surface area contributed by atoms with Crippen LogP contribution >= 0.6 is 0 Å². The van der Waals surface area contributed by atoms with Crippen LogP contribution in [0.2, 0.25) is 0 Å². The second-order valence-electron chi connectivity index (χ2n) is 5.50. The summed E-state index contributed by atoms with van der Waals surface area (Å²) in [7, 11) is 0. The van der Waals surface area contributed by atoms with Crippen molar-refractivity contribution in [3.05, 3.63) is 0 Å². The lowest BCUT2D eigenvalue weighted by atomic mass is 9.84.